The molecule has 2 rings (SSSR count). The van der Waals surface area contributed by atoms with Crippen molar-refractivity contribution >= 4 is 29.3 Å². The monoisotopic (exact) mass is 363 g/mol. The van der Waals surface area contributed by atoms with Crippen molar-refractivity contribution < 1.29 is 23.1 Å². The van der Waals surface area contributed by atoms with Gasteiger partial charge in [-0.1, -0.05) is 6.07 Å². The zero-order valence-electron chi connectivity index (χ0n) is 12.6. The fourth-order valence-electron chi connectivity index (χ4n) is 1.80. The van der Waals surface area contributed by atoms with Crippen LogP contribution >= 0.6 is 11.8 Å². The molecule has 0 radical (unpaired) electrons. The van der Waals surface area contributed by atoms with E-state index >= 15 is 0 Å². The van der Waals surface area contributed by atoms with E-state index in [1.54, 1.807) is 18.2 Å². The summed E-state index contributed by atoms with van der Waals surface area (Å²) in [4.78, 5) is 27.5. The zero-order valence-corrected chi connectivity index (χ0v) is 13.4. The number of alkyl halides is 2. The van der Waals surface area contributed by atoms with Crippen LogP contribution in [0, 0.1) is 11.3 Å². The number of pyridine rings is 1. The fourth-order valence-corrected chi connectivity index (χ4v) is 2.37. The molecule has 2 aromatic rings. The first kappa shape index (κ1) is 18.4. The number of ether oxygens (including phenoxy) is 1. The second-order valence-electron chi connectivity index (χ2n) is 4.55. The number of nitrogens with one attached hydrogen (secondary N) is 1. The van der Waals surface area contributed by atoms with Gasteiger partial charge in [-0.3, -0.25) is 4.79 Å². The van der Waals surface area contributed by atoms with Gasteiger partial charge in [0.2, 0.25) is 0 Å². The summed E-state index contributed by atoms with van der Waals surface area (Å²) in [7, 11) is 0. The Morgan fingerprint density at radius 1 is 1.32 bits per heavy atom. The third-order valence-electron chi connectivity index (χ3n) is 2.80. The van der Waals surface area contributed by atoms with Gasteiger partial charge in [-0.05, 0) is 42.1 Å². The van der Waals surface area contributed by atoms with Crippen LogP contribution in [0.15, 0.2) is 47.6 Å². The Kier molecular flexibility index (Phi) is 6.42. The lowest BCUT2D eigenvalue weighted by molar-refractivity contribution is -0.119. The van der Waals surface area contributed by atoms with Crippen molar-refractivity contribution in [2.24, 2.45) is 0 Å². The predicted octanol–water partition coefficient (Wildman–Crippen LogP) is 3.06. The van der Waals surface area contributed by atoms with Crippen LogP contribution in [0.5, 0.6) is 0 Å². The number of carbonyl (C=O) groups excluding carboxylic acids is 2. The molecule has 0 saturated heterocycles. The maximum Gasteiger partial charge on any atom is 0.341 e. The maximum absolute atomic E-state index is 12.5. The highest BCUT2D eigenvalue weighted by atomic mass is 32.2. The number of amides is 1. The number of esters is 1. The van der Waals surface area contributed by atoms with Crippen molar-refractivity contribution in [3.8, 4) is 6.07 Å². The number of benzene rings is 1. The minimum Gasteiger partial charge on any atom is -0.452 e. The van der Waals surface area contributed by atoms with Crippen molar-refractivity contribution in [1.29, 1.82) is 5.26 Å². The average molecular weight is 363 g/mol. The topological polar surface area (TPSA) is 92.1 Å². The number of aromatic nitrogens is 1. The van der Waals surface area contributed by atoms with Crippen LogP contribution in [0.4, 0.5) is 14.5 Å². The molecule has 9 heteroatoms. The molecule has 0 saturated carbocycles. The Morgan fingerprint density at radius 3 is 2.84 bits per heavy atom. The molecule has 1 aromatic carbocycles. The average Bonchev–Trinajstić information content (AvgIpc) is 2.60. The minimum atomic E-state index is -2.74. The van der Waals surface area contributed by atoms with Crippen molar-refractivity contribution in [1.82, 2.24) is 4.98 Å². The van der Waals surface area contributed by atoms with Crippen LogP contribution in [0.2, 0.25) is 0 Å². The van der Waals surface area contributed by atoms with Crippen molar-refractivity contribution in [3.05, 3.63) is 53.7 Å². The molecule has 128 valence electrons. The number of rotatable bonds is 6. The summed E-state index contributed by atoms with van der Waals surface area (Å²) < 4.78 is 29.8. The summed E-state index contributed by atoms with van der Waals surface area (Å²) in [6.07, 6.45) is 1.27. The summed E-state index contributed by atoms with van der Waals surface area (Å²) in [6, 6.07) is 10.8. The van der Waals surface area contributed by atoms with Crippen molar-refractivity contribution in [2.75, 3.05) is 11.9 Å². The Labute approximate surface area is 145 Å². The largest absolute Gasteiger partial charge is 0.452 e. The van der Waals surface area contributed by atoms with E-state index in [9.17, 15) is 18.4 Å². The van der Waals surface area contributed by atoms with E-state index in [0.29, 0.717) is 11.3 Å². The van der Waals surface area contributed by atoms with E-state index in [4.69, 9.17) is 10.00 Å². The summed E-state index contributed by atoms with van der Waals surface area (Å²) in [6.45, 7) is -0.608. The lowest BCUT2D eigenvalue weighted by Crippen LogP contribution is -2.21. The third-order valence-corrected chi connectivity index (χ3v) is 3.53. The van der Waals surface area contributed by atoms with E-state index in [0.717, 1.165) is 0 Å². The quantitative estimate of drug-likeness (QED) is 0.626. The van der Waals surface area contributed by atoms with Gasteiger partial charge in [-0.15, -0.1) is 0 Å². The molecule has 6 nitrogen and oxygen atoms in total. The summed E-state index contributed by atoms with van der Waals surface area (Å²) in [5, 5.41) is 11.1. The van der Waals surface area contributed by atoms with Gasteiger partial charge in [0, 0.05) is 11.9 Å². The number of nitrogens with zero attached hydrogens (tertiary/aromatic N) is 2. The Bertz CT molecular complexity index is 824. The highest BCUT2D eigenvalue weighted by Gasteiger charge is 2.18. The molecule has 1 amide bonds. The van der Waals surface area contributed by atoms with Crippen LogP contribution in [0.1, 0.15) is 15.9 Å². The number of hydrogen-bond acceptors (Lipinski definition) is 6. The van der Waals surface area contributed by atoms with E-state index < -0.39 is 24.2 Å². The van der Waals surface area contributed by atoms with Crippen LogP contribution in [-0.2, 0) is 9.53 Å². The van der Waals surface area contributed by atoms with Gasteiger partial charge in [0.15, 0.2) is 6.61 Å². The fraction of sp³-hybridized carbons (Fsp3) is 0.125. The molecule has 0 fully saturated rings. The van der Waals surface area contributed by atoms with Gasteiger partial charge in [-0.2, -0.15) is 14.0 Å². The molecule has 1 N–H and O–H groups in total. The van der Waals surface area contributed by atoms with E-state index in [1.807, 2.05) is 6.07 Å². The second kappa shape index (κ2) is 8.75. The number of thioether (sulfide) groups is 1. The smallest absolute Gasteiger partial charge is 0.341 e. The number of halogens is 2. The molecule has 1 heterocycles. The molecule has 25 heavy (non-hydrogen) atoms. The summed E-state index contributed by atoms with van der Waals surface area (Å²) in [5.41, 5.74) is 0.585. The van der Waals surface area contributed by atoms with Gasteiger partial charge in [0.05, 0.1) is 17.2 Å². The maximum atomic E-state index is 12.5. The third kappa shape index (κ3) is 5.54. The van der Waals surface area contributed by atoms with E-state index in [-0.39, 0.29) is 22.4 Å². The highest BCUT2D eigenvalue weighted by Crippen LogP contribution is 2.26. The van der Waals surface area contributed by atoms with Gasteiger partial charge in [0.25, 0.3) is 11.7 Å². The highest BCUT2D eigenvalue weighted by molar-refractivity contribution is 7.99. The van der Waals surface area contributed by atoms with Gasteiger partial charge >= 0.3 is 5.97 Å². The van der Waals surface area contributed by atoms with Crippen molar-refractivity contribution in [2.45, 2.75) is 10.8 Å². The molecular formula is C16H11F2N3O3S. The molecule has 0 bridgehead atoms. The standard InChI is InChI=1S/C16H11F2N3O3S/c17-16(18)25-14-12(5-2-6-20-14)15(23)24-9-13(22)21-11-4-1-3-10(7-11)8-19/h1-7,16H,9H2,(H,21,22). The van der Waals surface area contributed by atoms with E-state index in [2.05, 4.69) is 10.3 Å². The van der Waals surface area contributed by atoms with E-state index in [1.165, 1.54) is 24.4 Å². The molecule has 0 atom stereocenters. The minimum absolute atomic E-state index is 0.118. The first-order chi connectivity index (χ1) is 12.0. The Hall–Kier alpha value is -2.99. The van der Waals surface area contributed by atoms with Crippen LogP contribution in [-0.4, -0.2) is 29.2 Å². The molecule has 0 aliphatic heterocycles. The number of nitriles is 1. The lowest BCUT2D eigenvalue weighted by Gasteiger charge is -2.09. The second-order valence-corrected chi connectivity index (χ2v) is 5.53. The number of hydrogen-bond donors (Lipinski definition) is 1. The zero-order chi connectivity index (χ0) is 18.2. The number of carbonyl (C=O) groups is 2. The van der Waals surface area contributed by atoms with Gasteiger partial charge < -0.3 is 10.1 Å². The molecule has 1 aromatic heterocycles. The normalized spacial score (nSPS) is 10.2. The first-order valence-corrected chi connectivity index (χ1v) is 7.74. The van der Waals surface area contributed by atoms with Crippen molar-refractivity contribution in [3.63, 3.8) is 0 Å². The van der Waals surface area contributed by atoms with Crippen LogP contribution in [0.3, 0.4) is 0 Å². The summed E-state index contributed by atoms with van der Waals surface area (Å²) >= 11 is 0.118. The van der Waals surface area contributed by atoms with Crippen LogP contribution < -0.4 is 5.32 Å². The SMILES string of the molecule is N#Cc1cccc(NC(=O)COC(=O)c2cccnc2SC(F)F)c1. The van der Waals surface area contributed by atoms with Gasteiger partial charge in [0.1, 0.15) is 5.03 Å². The Balaban J connectivity index is 1.95. The molecular weight excluding hydrogens is 352 g/mol. The van der Waals surface area contributed by atoms with Crippen LogP contribution in [0.25, 0.3) is 0 Å². The molecule has 0 unspecified atom stereocenters. The first-order valence-electron chi connectivity index (χ1n) is 6.86. The predicted molar refractivity (Wildman–Crippen MR) is 86.2 cm³/mol. The molecule has 0 aliphatic rings. The summed E-state index contributed by atoms with van der Waals surface area (Å²) in [5.74, 6) is -4.30. The van der Waals surface area contributed by atoms with Gasteiger partial charge in [-0.25, -0.2) is 9.78 Å². The molecule has 0 spiro atoms. The lowest BCUT2D eigenvalue weighted by atomic mass is 10.2. The number of anilines is 1. The Morgan fingerprint density at radius 2 is 2.12 bits per heavy atom. The molecule has 0 aliphatic carbocycles.